The molecule has 1 saturated heterocycles. The van der Waals surface area contributed by atoms with Crippen molar-refractivity contribution in [1.29, 1.82) is 0 Å². The van der Waals surface area contributed by atoms with E-state index in [0.717, 1.165) is 11.1 Å². The van der Waals surface area contributed by atoms with Gasteiger partial charge in [0.05, 0.1) is 18.5 Å². The van der Waals surface area contributed by atoms with E-state index in [4.69, 9.17) is 5.11 Å². The number of carbonyl (C=O) groups is 5. The van der Waals surface area contributed by atoms with Crippen LogP contribution in [0.3, 0.4) is 0 Å². The second-order valence-electron chi connectivity index (χ2n) is 8.11. The molecule has 3 heterocycles. The standard InChI is InChI=1S/C21H23N3O8/c25-15(6-7-16(26)27)22-12-5-4-10-2-1-3-11-8-14(24(18(10)11)20(12)30)19(29)23-13-9-17(28)32-21(13)31/h1-3,12-14,21,31H,4-9H2,(H,22,25)(H,23,29)(H,26,27). The number of aliphatic carboxylic acids is 1. The van der Waals surface area contributed by atoms with Gasteiger partial charge < -0.3 is 25.6 Å². The largest absolute Gasteiger partial charge is 0.481 e. The number of aliphatic hydroxyl groups excluding tert-OH is 1. The van der Waals surface area contributed by atoms with Gasteiger partial charge in [-0.2, -0.15) is 0 Å². The summed E-state index contributed by atoms with van der Waals surface area (Å²) < 4.78 is 4.66. The third-order valence-electron chi connectivity index (χ3n) is 5.92. The van der Waals surface area contributed by atoms with Gasteiger partial charge in [-0.3, -0.25) is 28.9 Å². The Labute approximate surface area is 182 Å². The van der Waals surface area contributed by atoms with Crippen molar-refractivity contribution in [3.05, 3.63) is 29.3 Å². The van der Waals surface area contributed by atoms with Crippen LogP contribution in [0.5, 0.6) is 0 Å². The highest BCUT2D eigenvalue weighted by molar-refractivity contribution is 6.08. The number of carbonyl (C=O) groups excluding carboxylic acids is 4. The predicted molar refractivity (Wildman–Crippen MR) is 107 cm³/mol. The van der Waals surface area contributed by atoms with Crippen molar-refractivity contribution in [2.75, 3.05) is 4.90 Å². The van der Waals surface area contributed by atoms with E-state index in [0.29, 0.717) is 18.5 Å². The van der Waals surface area contributed by atoms with Gasteiger partial charge >= 0.3 is 11.9 Å². The molecule has 32 heavy (non-hydrogen) atoms. The van der Waals surface area contributed by atoms with Gasteiger partial charge in [-0.05, 0) is 24.0 Å². The van der Waals surface area contributed by atoms with E-state index in [-0.39, 0.29) is 25.7 Å². The van der Waals surface area contributed by atoms with Crippen LogP contribution in [0.1, 0.15) is 36.8 Å². The van der Waals surface area contributed by atoms with Gasteiger partial charge in [-0.1, -0.05) is 18.2 Å². The van der Waals surface area contributed by atoms with Gasteiger partial charge in [-0.25, -0.2) is 0 Å². The Bertz CT molecular complexity index is 993. The lowest BCUT2D eigenvalue weighted by Crippen LogP contribution is -2.56. The Hall–Kier alpha value is -3.47. The molecule has 170 valence electrons. The quantitative estimate of drug-likeness (QED) is 0.405. The monoisotopic (exact) mass is 445 g/mol. The summed E-state index contributed by atoms with van der Waals surface area (Å²) in [6, 6.07) is 2.80. The first kappa shape index (κ1) is 21.8. The molecule has 4 N–H and O–H groups in total. The fourth-order valence-electron chi connectivity index (χ4n) is 4.41. The van der Waals surface area contributed by atoms with Crippen molar-refractivity contribution < 1.29 is 38.9 Å². The Balaban J connectivity index is 1.55. The predicted octanol–water partition coefficient (Wildman–Crippen LogP) is -1.01. The molecular weight excluding hydrogens is 422 g/mol. The van der Waals surface area contributed by atoms with Crippen LogP contribution in [0, 0.1) is 0 Å². The van der Waals surface area contributed by atoms with Gasteiger partial charge in [0, 0.05) is 12.8 Å². The van der Waals surface area contributed by atoms with E-state index in [2.05, 4.69) is 15.4 Å². The van der Waals surface area contributed by atoms with Gasteiger partial charge in [0.1, 0.15) is 18.1 Å². The van der Waals surface area contributed by atoms with Crippen LogP contribution in [0.2, 0.25) is 0 Å². The first-order valence-corrected chi connectivity index (χ1v) is 10.4. The summed E-state index contributed by atoms with van der Waals surface area (Å²) in [5.41, 5.74) is 2.32. The molecular formula is C21H23N3O8. The van der Waals surface area contributed by atoms with E-state index in [1.54, 1.807) is 0 Å². The third-order valence-corrected chi connectivity index (χ3v) is 5.92. The van der Waals surface area contributed by atoms with E-state index < -0.39 is 54.1 Å². The minimum Gasteiger partial charge on any atom is -0.481 e. The van der Waals surface area contributed by atoms with Crippen molar-refractivity contribution in [1.82, 2.24) is 10.6 Å². The minimum absolute atomic E-state index is 0.173. The number of amides is 3. The van der Waals surface area contributed by atoms with E-state index in [1.807, 2.05) is 18.2 Å². The Morgan fingerprint density at radius 1 is 1.09 bits per heavy atom. The number of anilines is 1. The van der Waals surface area contributed by atoms with Crippen molar-refractivity contribution in [2.45, 2.75) is 62.9 Å². The fourth-order valence-corrected chi connectivity index (χ4v) is 4.41. The number of aliphatic hydroxyl groups is 1. The van der Waals surface area contributed by atoms with Crippen molar-refractivity contribution in [3.63, 3.8) is 0 Å². The van der Waals surface area contributed by atoms with Crippen LogP contribution in [-0.2, 0) is 41.6 Å². The van der Waals surface area contributed by atoms with Crippen LogP contribution < -0.4 is 15.5 Å². The number of nitrogens with one attached hydrogen (secondary N) is 2. The molecule has 4 rings (SSSR count). The van der Waals surface area contributed by atoms with Crippen LogP contribution in [0.15, 0.2) is 18.2 Å². The minimum atomic E-state index is -1.45. The second kappa shape index (κ2) is 8.58. The summed E-state index contributed by atoms with van der Waals surface area (Å²) in [4.78, 5) is 62.1. The molecule has 0 bridgehead atoms. The number of hydrogen-bond acceptors (Lipinski definition) is 7. The highest BCUT2D eigenvalue weighted by atomic mass is 16.6. The molecule has 0 radical (unpaired) electrons. The molecule has 3 amide bonds. The molecule has 11 heteroatoms. The maximum Gasteiger partial charge on any atom is 0.310 e. The number of esters is 1. The number of benzene rings is 1. The zero-order valence-electron chi connectivity index (χ0n) is 17.1. The topological polar surface area (TPSA) is 162 Å². The lowest BCUT2D eigenvalue weighted by Gasteiger charge is -2.28. The zero-order chi connectivity index (χ0) is 23.0. The number of hydrogen-bond donors (Lipinski definition) is 4. The molecule has 4 unspecified atom stereocenters. The van der Waals surface area contributed by atoms with Crippen LogP contribution in [0.25, 0.3) is 0 Å². The summed E-state index contributed by atoms with van der Waals surface area (Å²) in [6.45, 7) is 0. The molecule has 0 spiro atoms. The second-order valence-corrected chi connectivity index (χ2v) is 8.11. The molecule has 3 aliphatic rings. The van der Waals surface area contributed by atoms with Gasteiger partial charge in [0.25, 0.3) is 0 Å². The van der Waals surface area contributed by atoms with Crippen LogP contribution >= 0.6 is 0 Å². The van der Waals surface area contributed by atoms with Crippen LogP contribution in [0.4, 0.5) is 5.69 Å². The summed E-state index contributed by atoms with van der Waals surface area (Å²) in [5.74, 6) is -3.30. The molecule has 4 atom stereocenters. The number of cyclic esters (lactones) is 1. The van der Waals surface area contributed by atoms with E-state index in [1.165, 1.54) is 4.90 Å². The Morgan fingerprint density at radius 2 is 1.84 bits per heavy atom. The molecule has 3 aliphatic heterocycles. The number of rotatable bonds is 6. The van der Waals surface area contributed by atoms with Crippen molar-refractivity contribution >= 4 is 35.3 Å². The number of carboxylic acid groups (broad SMARTS) is 1. The molecule has 0 saturated carbocycles. The average Bonchev–Trinajstić information content (AvgIpc) is 3.24. The molecule has 0 aromatic heterocycles. The molecule has 1 fully saturated rings. The maximum absolute atomic E-state index is 13.4. The lowest BCUT2D eigenvalue weighted by molar-refractivity contribution is -0.155. The van der Waals surface area contributed by atoms with Crippen LogP contribution in [-0.4, -0.2) is 64.3 Å². The highest BCUT2D eigenvalue weighted by Gasteiger charge is 2.45. The summed E-state index contributed by atoms with van der Waals surface area (Å²) in [6.07, 6.45) is -1.18. The number of aryl methyl sites for hydroxylation is 1. The lowest BCUT2D eigenvalue weighted by atomic mass is 10.0. The van der Waals surface area contributed by atoms with Crippen molar-refractivity contribution in [3.8, 4) is 0 Å². The van der Waals surface area contributed by atoms with E-state index >= 15 is 0 Å². The molecule has 1 aromatic carbocycles. The fraction of sp³-hybridized carbons (Fsp3) is 0.476. The van der Waals surface area contributed by atoms with Gasteiger partial charge in [0.15, 0.2) is 0 Å². The molecule has 0 aliphatic carbocycles. The molecule has 1 aromatic rings. The van der Waals surface area contributed by atoms with Gasteiger partial charge in [-0.15, -0.1) is 0 Å². The molecule has 11 nitrogen and oxygen atoms in total. The third kappa shape index (κ3) is 4.15. The smallest absolute Gasteiger partial charge is 0.310 e. The summed E-state index contributed by atoms with van der Waals surface area (Å²) >= 11 is 0. The SMILES string of the molecule is O=C(O)CCC(=O)NC1CCc2cccc3c2N(C1=O)C(C(=O)NC1CC(=O)OC1O)C3. The highest BCUT2D eigenvalue weighted by Crippen LogP contribution is 2.39. The average molecular weight is 445 g/mol. The van der Waals surface area contributed by atoms with E-state index in [9.17, 15) is 29.1 Å². The first-order chi connectivity index (χ1) is 15.2. The summed E-state index contributed by atoms with van der Waals surface area (Å²) in [7, 11) is 0. The number of nitrogens with zero attached hydrogens (tertiary/aromatic N) is 1. The van der Waals surface area contributed by atoms with Gasteiger partial charge in [0.2, 0.25) is 24.0 Å². The summed E-state index contributed by atoms with van der Waals surface area (Å²) in [5, 5.41) is 23.8. The number of carboxylic acids is 1. The number of para-hydroxylation sites is 1. The maximum atomic E-state index is 13.4. The Kier molecular flexibility index (Phi) is 5.83. The zero-order valence-corrected chi connectivity index (χ0v) is 17.1. The first-order valence-electron chi connectivity index (χ1n) is 10.4. The number of ether oxygens (including phenoxy) is 1. The normalized spacial score (nSPS) is 26.2. The Morgan fingerprint density at radius 3 is 2.53 bits per heavy atom. The van der Waals surface area contributed by atoms with Crippen molar-refractivity contribution in [2.24, 2.45) is 0 Å².